The van der Waals surface area contributed by atoms with Crippen LogP contribution in [0.25, 0.3) is 21.5 Å². The maximum Gasteiger partial charge on any atom is 0.253 e. The lowest BCUT2D eigenvalue weighted by Gasteiger charge is -2.26. The zero-order valence-electron chi connectivity index (χ0n) is 13.5. The molecule has 0 radical (unpaired) electrons. The average Bonchev–Trinajstić information content (AvgIpc) is 2.62. The van der Waals surface area contributed by atoms with Gasteiger partial charge in [0.1, 0.15) is 11.4 Å². The number of fused-ring (bicyclic) bond motifs is 2. The largest absolute Gasteiger partial charge is 0.383 e. The number of hydrogen-bond donors (Lipinski definition) is 1. The topological polar surface area (TPSA) is 49.4 Å². The highest BCUT2D eigenvalue weighted by Gasteiger charge is 2.25. The van der Waals surface area contributed by atoms with Crippen molar-refractivity contribution in [2.75, 3.05) is 24.3 Å². The predicted molar refractivity (Wildman–Crippen MR) is 100 cm³/mol. The van der Waals surface area contributed by atoms with E-state index in [9.17, 15) is 9.59 Å². The Morgan fingerprint density at radius 1 is 0.792 bits per heavy atom. The summed E-state index contributed by atoms with van der Waals surface area (Å²) in [7, 11) is 3.50. The van der Waals surface area contributed by atoms with Gasteiger partial charge in [-0.05, 0) is 16.8 Å². The summed E-state index contributed by atoms with van der Waals surface area (Å²) < 4.78 is 0. The standard InChI is InChI=1S/C20H16N2O2/c1-21-16-18(20(24)19(16)23)22(2)17-14-9-5-3-7-12(14)11-13-8-4-6-10-15(13)17/h3-11,21H,1-2H3. The van der Waals surface area contributed by atoms with Crippen molar-refractivity contribution in [1.82, 2.24) is 0 Å². The van der Waals surface area contributed by atoms with Crippen molar-refractivity contribution in [3.05, 3.63) is 75.0 Å². The smallest absolute Gasteiger partial charge is 0.253 e. The molecule has 4 nitrogen and oxygen atoms in total. The van der Waals surface area contributed by atoms with Crippen LogP contribution in [0.2, 0.25) is 0 Å². The Kier molecular flexibility index (Phi) is 3.13. The molecule has 4 rings (SSSR count). The van der Waals surface area contributed by atoms with Gasteiger partial charge in [0.25, 0.3) is 10.9 Å². The highest BCUT2D eigenvalue weighted by atomic mass is 16.2. The fourth-order valence-electron chi connectivity index (χ4n) is 3.39. The fraction of sp³-hybridized carbons (Fsp3) is 0.100. The van der Waals surface area contributed by atoms with E-state index in [1.165, 1.54) is 0 Å². The lowest BCUT2D eigenvalue weighted by molar-refractivity contribution is 1.17. The number of rotatable bonds is 3. The van der Waals surface area contributed by atoms with Crippen molar-refractivity contribution in [2.24, 2.45) is 0 Å². The zero-order chi connectivity index (χ0) is 16.8. The van der Waals surface area contributed by atoms with E-state index < -0.39 is 10.9 Å². The summed E-state index contributed by atoms with van der Waals surface area (Å²) in [6.45, 7) is 0. The third kappa shape index (κ3) is 1.86. The van der Waals surface area contributed by atoms with E-state index in [1.54, 1.807) is 7.05 Å². The van der Waals surface area contributed by atoms with Gasteiger partial charge in [0.15, 0.2) is 0 Å². The molecule has 0 aromatic heterocycles. The Morgan fingerprint density at radius 2 is 1.33 bits per heavy atom. The van der Waals surface area contributed by atoms with Crippen molar-refractivity contribution in [2.45, 2.75) is 0 Å². The summed E-state index contributed by atoms with van der Waals surface area (Å²) in [5.41, 5.74) is 0.832. The van der Waals surface area contributed by atoms with Crippen LogP contribution in [0, 0.1) is 0 Å². The Labute approximate surface area is 138 Å². The molecule has 1 N–H and O–H groups in total. The van der Waals surface area contributed by atoms with E-state index in [1.807, 2.05) is 48.3 Å². The summed E-state index contributed by atoms with van der Waals surface area (Å²) in [6.07, 6.45) is 0. The monoisotopic (exact) mass is 316 g/mol. The van der Waals surface area contributed by atoms with Crippen molar-refractivity contribution in [3.8, 4) is 0 Å². The molecule has 0 aliphatic heterocycles. The SMILES string of the molecule is CNc1c(N(C)c2c3ccccc3cc3ccccc23)c(=O)c1=O. The summed E-state index contributed by atoms with van der Waals surface area (Å²) in [5, 5.41) is 7.15. The second-order valence-corrected chi connectivity index (χ2v) is 5.86. The lowest BCUT2D eigenvalue weighted by atomic mass is 9.99. The summed E-state index contributed by atoms with van der Waals surface area (Å²) in [5.74, 6) is 0. The minimum atomic E-state index is -0.455. The van der Waals surface area contributed by atoms with Crippen molar-refractivity contribution in [3.63, 3.8) is 0 Å². The first kappa shape index (κ1) is 14.5. The van der Waals surface area contributed by atoms with Gasteiger partial charge in [0.2, 0.25) is 0 Å². The number of anilines is 3. The molecule has 0 spiro atoms. The first-order chi connectivity index (χ1) is 11.6. The molecule has 4 aromatic carbocycles. The van der Waals surface area contributed by atoms with E-state index >= 15 is 0 Å². The molecule has 0 aliphatic rings. The Balaban J connectivity index is 2.09. The van der Waals surface area contributed by atoms with E-state index in [2.05, 4.69) is 23.5 Å². The average molecular weight is 316 g/mol. The second-order valence-electron chi connectivity index (χ2n) is 5.86. The molecule has 0 aliphatic carbocycles. The van der Waals surface area contributed by atoms with Gasteiger partial charge in [-0.2, -0.15) is 0 Å². The maximum atomic E-state index is 12.1. The number of nitrogens with one attached hydrogen (secondary N) is 1. The van der Waals surface area contributed by atoms with Crippen LogP contribution in [-0.4, -0.2) is 14.1 Å². The molecule has 0 saturated carbocycles. The minimum Gasteiger partial charge on any atom is -0.383 e. The fourth-order valence-corrected chi connectivity index (χ4v) is 3.39. The van der Waals surface area contributed by atoms with Gasteiger partial charge in [-0.15, -0.1) is 0 Å². The van der Waals surface area contributed by atoms with Gasteiger partial charge in [-0.1, -0.05) is 48.5 Å². The molecule has 4 aromatic rings. The summed E-state index contributed by atoms with van der Waals surface area (Å²) >= 11 is 0. The van der Waals surface area contributed by atoms with Crippen LogP contribution in [-0.2, 0) is 0 Å². The van der Waals surface area contributed by atoms with Crippen LogP contribution >= 0.6 is 0 Å². The quantitative estimate of drug-likeness (QED) is 0.465. The number of nitrogens with zero attached hydrogens (tertiary/aromatic N) is 1. The minimum absolute atomic E-state index is 0.375. The molecular weight excluding hydrogens is 300 g/mol. The van der Waals surface area contributed by atoms with E-state index in [-0.39, 0.29) is 0 Å². The molecule has 118 valence electrons. The van der Waals surface area contributed by atoms with Gasteiger partial charge in [0.05, 0.1) is 5.69 Å². The first-order valence-electron chi connectivity index (χ1n) is 7.78. The molecule has 0 unspecified atom stereocenters. The van der Waals surface area contributed by atoms with Gasteiger partial charge >= 0.3 is 0 Å². The lowest BCUT2D eigenvalue weighted by Crippen LogP contribution is -2.39. The first-order valence-corrected chi connectivity index (χ1v) is 7.78. The normalized spacial score (nSPS) is 11.2. The van der Waals surface area contributed by atoms with Gasteiger partial charge in [0, 0.05) is 24.9 Å². The van der Waals surface area contributed by atoms with Crippen LogP contribution in [0.15, 0.2) is 64.2 Å². The van der Waals surface area contributed by atoms with Crippen molar-refractivity contribution in [1.29, 1.82) is 0 Å². The summed E-state index contributed by atoms with van der Waals surface area (Å²) in [4.78, 5) is 25.7. The van der Waals surface area contributed by atoms with Gasteiger partial charge < -0.3 is 10.2 Å². The molecule has 24 heavy (non-hydrogen) atoms. The molecule has 0 bridgehead atoms. The second kappa shape index (κ2) is 5.20. The summed E-state index contributed by atoms with van der Waals surface area (Å²) in [6, 6.07) is 18.3. The van der Waals surface area contributed by atoms with Crippen molar-refractivity contribution < 1.29 is 0 Å². The van der Waals surface area contributed by atoms with Crippen LogP contribution in [0.5, 0.6) is 0 Å². The Hall–Kier alpha value is -3.14. The van der Waals surface area contributed by atoms with Crippen molar-refractivity contribution >= 4 is 38.6 Å². The third-order valence-electron chi connectivity index (χ3n) is 4.55. The predicted octanol–water partition coefficient (Wildman–Crippen LogP) is 3.40. The highest BCUT2D eigenvalue weighted by molar-refractivity contribution is 6.13. The Morgan fingerprint density at radius 3 is 1.88 bits per heavy atom. The molecule has 0 amide bonds. The number of benzene rings is 3. The molecular formula is C20H16N2O2. The van der Waals surface area contributed by atoms with E-state index in [0.29, 0.717) is 11.4 Å². The molecule has 0 saturated heterocycles. The molecule has 0 atom stereocenters. The molecule has 0 fully saturated rings. The number of hydrogen-bond acceptors (Lipinski definition) is 4. The van der Waals surface area contributed by atoms with E-state index in [4.69, 9.17) is 0 Å². The van der Waals surface area contributed by atoms with Crippen LogP contribution < -0.4 is 21.1 Å². The van der Waals surface area contributed by atoms with Gasteiger partial charge in [-0.3, -0.25) is 9.59 Å². The van der Waals surface area contributed by atoms with Crippen LogP contribution in [0.1, 0.15) is 0 Å². The maximum absolute atomic E-state index is 12.1. The van der Waals surface area contributed by atoms with Crippen LogP contribution in [0.4, 0.5) is 17.1 Å². The molecule has 0 heterocycles. The Bertz CT molecular complexity index is 1100. The zero-order valence-corrected chi connectivity index (χ0v) is 13.5. The van der Waals surface area contributed by atoms with Crippen LogP contribution in [0.3, 0.4) is 0 Å². The molecule has 4 heteroatoms. The van der Waals surface area contributed by atoms with E-state index in [0.717, 1.165) is 27.2 Å². The highest BCUT2D eigenvalue weighted by Crippen LogP contribution is 2.38. The van der Waals surface area contributed by atoms with Gasteiger partial charge in [-0.25, -0.2) is 0 Å². The third-order valence-corrected chi connectivity index (χ3v) is 4.55.